The van der Waals surface area contributed by atoms with Gasteiger partial charge in [0.25, 0.3) is 0 Å². The predicted octanol–water partition coefficient (Wildman–Crippen LogP) is 4.33. The molecule has 1 fully saturated rings. The Morgan fingerprint density at radius 1 is 1.22 bits per heavy atom. The highest BCUT2D eigenvalue weighted by Crippen LogP contribution is 2.27. The minimum absolute atomic E-state index is 0.0605. The zero-order chi connectivity index (χ0) is 19.6. The van der Waals surface area contributed by atoms with Gasteiger partial charge in [-0.25, -0.2) is 0 Å². The van der Waals surface area contributed by atoms with E-state index in [9.17, 15) is 9.59 Å². The second kappa shape index (κ2) is 11.3. The largest absolute Gasteiger partial charge is 0.466 e. The quantitative estimate of drug-likeness (QED) is 0.484. The molecule has 0 saturated heterocycles. The van der Waals surface area contributed by atoms with Crippen molar-refractivity contribution in [2.45, 2.75) is 70.6 Å². The van der Waals surface area contributed by atoms with Gasteiger partial charge >= 0.3 is 5.97 Å². The average Bonchev–Trinajstić information content (AvgIpc) is 2.67. The topological polar surface area (TPSA) is 67.4 Å². The summed E-state index contributed by atoms with van der Waals surface area (Å²) in [6.07, 6.45) is 5.27. The summed E-state index contributed by atoms with van der Waals surface area (Å²) in [5.74, 6) is -0.108. The van der Waals surface area contributed by atoms with Crippen LogP contribution in [-0.2, 0) is 20.7 Å². The smallest absolute Gasteiger partial charge is 0.310 e. The molecule has 0 bridgehead atoms. The minimum atomic E-state index is -0.248. The molecule has 0 aromatic heterocycles. The van der Waals surface area contributed by atoms with Crippen LogP contribution >= 0.6 is 11.9 Å². The number of hydrogen-bond acceptors (Lipinski definition) is 5. The number of anilines is 1. The van der Waals surface area contributed by atoms with Gasteiger partial charge in [0.05, 0.1) is 13.0 Å². The second-order valence-electron chi connectivity index (χ2n) is 7.17. The van der Waals surface area contributed by atoms with E-state index >= 15 is 0 Å². The Morgan fingerprint density at radius 3 is 2.63 bits per heavy atom. The molecule has 150 valence electrons. The van der Waals surface area contributed by atoms with E-state index < -0.39 is 0 Å². The molecule has 5 nitrogen and oxygen atoms in total. The molecule has 1 saturated carbocycles. The van der Waals surface area contributed by atoms with Gasteiger partial charge in [0, 0.05) is 22.9 Å². The summed E-state index contributed by atoms with van der Waals surface area (Å²) in [5.41, 5.74) is 1.59. The summed E-state index contributed by atoms with van der Waals surface area (Å²) in [6, 6.07) is 7.95. The molecule has 2 N–H and O–H groups in total. The van der Waals surface area contributed by atoms with E-state index in [-0.39, 0.29) is 24.2 Å². The number of esters is 1. The van der Waals surface area contributed by atoms with Crippen molar-refractivity contribution in [1.29, 1.82) is 0 Å². The molecule has 6 heteroatoms. The molecule has 1 unspecified atom stereocenters. The molecule has 2 rings (SSSR count). The van der Waals surface area contributed by atoms with Crippen LogP contribution in [0.2, 0.25) is 0 Å². The van der Waals surface area contributed by atoms with Gasteiger partial charge in [0.2, 0.25) is 5.91 Å². The summed E-state index contributed by atoms with van der Waals surface area (Å²) in [7, 11) is 0. The number of amides is 1. The van der Waals surface area contributed by atoms with E-state index in [4.69, 9.17) is 4.74 Å². The van der Waals surface area contributed by atoms with Gasteiger partial charge in [-0.2, -0.15) is 0 Å². The van der Waals surface area contributed by atoms with E-state index in [1.54, 1.807) is 6.92 Å². The van der Waals surface area contributed by atoms with Crippen molar-refractivity contribution < 1.29 is 14.3 Å². The number of rotatable bonds is 9. The Bertz CT molecular complexity index is 615. The SMILES string of the molecule is CCOC(=O)Cc1cccc(NC(=O)C2CCC(NSC(C)CC)CC2)c1. The first kappa shape index (κ1) is 21.8. The van der Waals surface area contributed by atoms with E-state index in [0.29, 0.717) is 17.9 Å². The highest BCUT2D eigenvalue weighted by atomic mass is 32.2. The van der Waals surface area contributed by atoms with Gasteiger partial charge in [0.1, 0.15) is 0 Å². The maximum atomic E-state index is 12.6. The van der Waals surface area contributed by atoms with Crippen molar-refractivity contribution >= 4 is 29.5 Å². The molecule has 27 heavy (non-hydrogen) atoms. The summed E-state index contributed by atoms with van der Waals surface area (Å²) >= 11 is 1.82. The van der Waals surface area contributed by atoms with Crippen LogP contribution in [0.25, 0.3) is 0 Å². The Kier molecular flexibility index (Phi) is 9.15. The second-order valence-corrected chi connectivity index (χ2v) is 8.45. The standard InChI is InChI=1S/C21H32N2O3S/c1-4-15(3)27-23-18-11-9-17(10-12-18)21(25)22-19-8-6-7-16(13-19)14-20(24)26-5-2/h6-8,13,15,17-18,23H,4-5,9-12,14H2,1-3H3,(H,22,25). The Labute approximate surface area is 167 Å². The first-order valence-corrected chi connectivity index (χ1v) is 10.9. The van der Waals surface area contributed by atoms with Crippen LogP contribution in [0, 0.1) is 5.92 Å². The maximum Gasteiger partial charge on any atom is 0.310 e. The first-order valence-electron chi connectivity index (χ1n) is 9.98. The van der Waals surface area contributed by atoms with Crippen LogP contribution < -0.4 is 10.0 Å². The number of nitrogens with one attached hydrogen (secondary N) is 2. The van der Waals surface area contributed by atoms with Gasteiger partial charge in [-0.05, 0) is 56.7 Å². The number of ether oxygens (including phenoxy) is 1. The fourth-order valence-corrected chi connectivity index (χ4v) is 3.98. The van der Waals surface area contributed by atoms with Crippen LogP contribution in [0.5, 0.6) is 0 Å². The molecule has 1 amide bonds. The van der Waals surface area contributed by atoms with Crippen LogP contribution in [0.15, 0.2) is 24.3 Å². The van der Waals surface area contributed by atoms with Gasteiger partial charge < -0.3 is 10.1 Å². The third-order valence-corrected chi connectivity index (χ3v) is 6.16. The van der Waals surface area contributed by atoms with Crippen LogP contribution in [0.4, 0.5) is 5.69 Å². The highest BCUT2D eigenvalue weighted by Gasteiger charge is 2.26. The lowest BCUT2D eigenvalue weighted by Crippen LogP contribution is -2.34. The minimum Gasteiger partial charge on any atom is -0.466 e. The van der Waals surface area contributed by atoms with E-state index in [2.05, 4.69) is 23.9 Å². The summed E-state index contributed by atoms with van der Waals surface area (Å²) in [6.45, 7) is 6.60. The van der Waals surface area contributed by atoms with Crippen LogP contribution in [-0.4, -0.2) is 29.8 Å². The molecule has 0 radical (unpaired) electrons. The van der Waals surface area contributed by atoms with Gasteiger partial charge in [-0.1, -0.05) is 37.9 Å². The molecule has 1 aromatic carbocycles. The normalized spacial score (nSPS) is 20.7. The van der Waals surface area contributed by atoms with Gasteiger partial charge in [0.15, 0.2) is 0 Å². The highest BCUT2D eigenvalue weighted by molar-refractivity contribution is 7.98. The lowest BCUT2D eigenvalue weighted by molar-refractivity contribution is -0.142. The van der Waals surface area contributed by atoms with E-state index in [0.717, 1.165) is 43.4 Å². The van der Waals surface area contributed by atoms with E-state index in [1.807, 2.05) is 36.2 Å². The molecule has 0 spiro atoms. The molecule has 1 atom stereocenters. The lowest BCUT2D eigenvalue weighted by atomic mass is 9.86. The molecule has 0 aliphatic heterocycles. The number of carbonyl (C=O) groups is 2. The molecule has 0 heterocycles. The van der Waals surface area contributed by atoms with Crippen LogP contribution in [0.1, 0.15) is 58.4 Å². The Hall–Kier alpha value is -1.53. The number of carbonyl (C=O) groups excluding carboxylic acids is 2. The van der Waals surface area contributed by atoms with Crippen molar-refractivity contribution in [3.8, 4) is 0 Å². The predicted molar refractivity (Wildman–Crippen MR) is 112 cm³/mol. The third kappa shape index (κ3) is 7.54. The average molecular weight is 393 g/mol. The number of benzene rings is 1. The zero-order valence-corrected chi connectivity index (χ0v) is 17.4. The van der Waals surface area contributed by atoms with Crippen molar-refractivity contribution in [3.05, 3.63) is 29.8 Å². The Morgan fingerprint density at radius 2 is 1.96 bits per heavy atom. The molecule has 1 aliphatic carbocycles. The monoisotopic (exact) mass is 392 g/mol. The van der Waals surface area contributed by atoms with Crippen molar-refractivity contribution in [3.63, 3.8) is 0 Å². The summed E-state index contributed by atoms with van der Waals surface area (Å²) < 4.78 is 8.54. The lowest BCUT2D eigenvalue weighted by Gasteiger charge is -2.28. The van der Waals surface area contributed by atoms with Crippen LogP contribution in [0.3, 0.4) is 0 Å². The molecular formula is C21H32N2O3S. The van der Waals surface area contributed by atoms with Crippen molar-refractivity contribution in [2.24, 2.45) is 5.92 Å². The zero-order valence-electron chi connectivity index (χ0n) is 16.6. The maximum absolute atomic E-state index is 12.6. The van der Waals surface area contributed by atoms with Crippen molar-refractivity contribution in [2.75, 3.05) is 11.9 Å². The van der Waals surface area contributed by atoms with Crippen molar-refractivity contribution in [1.82, 2.24) is 4.72 Å². The summed E-state index contributed by atoms with van der Waals surface area (Å²) in [4.78, 5) is 24.2. The first-order chi connectivity index (χ1) is 13.0. The summed E-state index contributed by atoms with van der Waals surface area (Å²) in [5, 5.41) is 3.63. The van der Waals surface area contributed by atoms with Gasteiger partial charge in [-0.15, -0.1) is 0 Å². The molecule has 1 aromatic rings. The fourth-order valence-electron chi connectivity index (χ4n) is 3.15. The van der Waals surface area contributed by atoms with Gasteiger partial charge in [-0.3, -0.25) is 14.3 Å². The molecular weight excluding hydrogens is 360 g/mol. The third-order valence-electron chi connectivity index (χ3n) is 4.96. The number of hydrogen-bond donors (Lipinski definition) is 2. The Balaban J connectivity index is 1.80. The molecule has 1 aliphatic rings. The fraction of sp³-hybridized carbons (Fsp3) is 0.619. The van der Waals surface area contributed by atoms with E-state index in [1.165, 1.54) is 0 Å².